The van der Waals surface area contributed by atoms with Crippen molar-refractivity contribution in [2.45, 2.75) is 57.7 Å². The van der Waals surface area contributed by atoms with Crippen LogP contribution in [0.25, 0.3) is 0 Å². The van der Waals surface area contributed by atoms with Gasteiger partial charge >= 0.3 is 12.1 Å². The summed E-state index contributed by atoms with van der Waals surface area (Å²) in [5, 5.41) is 9.14. The summed E-state index contributed by atoms with van der Waals surface area (Å²) < 4.78 is 5.28. The Hall–Kier alpha value is -1.26. The number of hydrogen-bond acceptors (Lipinski definition) is 3. The summed E-state index contributed by atoms with van der Waals surface area (Å²) in [6.45, 7) is 5.36. The highest BCUT2D eigenvalue weighted by atomic mass is 16.6. The van der Waals surface area contributed by atoms with Crippen LogP contribution < -0.4 is 0 Å². The van der Waals surface area contributed by atoms with Crippen LogP contribution in [0.3, 0.4) is 0 Å². The molecule has 1 heterocycles. The molecule has 2 fully saturated rings. The topological polar surface area (TPSA) is 66.8 Å². The molecule has 1 N–H and O–H groups in total. The monoisotopic (exact) mass is 241 g/mol. The molecule has 0 aromatic rings. The summed E-state index contributed by atoms with van der Waals surface area (Å²) in [6, 6.07) is -0.631. The largest absolute Gasteiger partial charge is 0.480 e. The first-order valence-corrected chi connectivity index (χ1v) is 6.04. The van der Waals surface area contributed by atoms with E-state index in [2.05, 4.69) is 0 Å². The van der Waals surface area contributed by atoms with Gasteiger partial charge in [0.15, 0.2) is 0 Å². The Bertz CT molecular complexity index is 347. The molecule has 1 saturated heterocycles. The maximum atomic E-state index is 12.0. The van der Waals surface area contributed by atoms with E-state index in [1.807, 2.05) is 0 Å². The van der Waals surface area contributed by atoms with Crippen molar-refractivity contribution in [2.24, 2.45) is 5.92 Å². The second kappa shape index (κ2) is 3.89. The van der Waals surface area contributed by atoms with Crippen molar-refractivity contribution < 1.29 is 19.4 Å². The molecule has 2 rings (SSSR count). The lowest BCUT2D eigenvalue weighted by atomic mass is 9.80. The Morgan fingerprint density at radius 3 is 2.35 bits per heavy atom. The number of carbonyl (C=O) groups excluding carboxylic acids is 1. The van der Waals surface area contributed by atoms with Gasteiger partial charge in [-0.2, -0.15) is 0 Å². The standard InChI is InChI=1S/C12H19NO4/c1-12(2,3)17-11(16)13-8-5-4-7(8)6-9(13)10(14)15/h7-9H,4-6H2,1-3H3,(H,14,15)/t7-,8-,9?/m1/s1. The summed E-state index contributed by atoms with van der Waals surface area (Å²) >= 11 is 0. The second-order valence-corrected chi connectivity index (χ2v) is 5.88. The van der Waals surface area contributed by atoms with Crippen LogP contribution in [0, 0.1) is 5.92 Å². The highest BCUT2D eigenvalue weighted by molar-refractivity contribution is 5.81. The summed E-state index contributed by atoms with van der Waals surface area (Å²) in [5.41, 5.74) is -0.581. The molecule has 1 aliphatic heterocycles. The Morgan fingerprint density at radius 1 is 1.29 bits per heavy atom. The fourth-order valence-corrected chi connectivity index (χ4v) is 2.62. The molecule has 1 saturated carbocycles. The molecule has 96 valence electrons. The number of rotatable bonds is 1. The summed E-state index contributed by atoms with van der Waals surface area (Å²) in [6.07, 6.45) is 2.00. The smallest absolute Gasteiger partial charge is 0.411 e. The van der Waals surface area contributed by atoms with Crippen molar-refractivity contribution in [3.05, 3.63) is 0 Å². The van der Waals surface area contributed by atoms with Crippen LogP contribution in [0.15, 0.2) is 0 Å². The van der Waals surface area contributed by atoms with E-state index in [1.54, 1.807) is 20.8 Å². The molecular weight excluding hydrogens is 222 g/mol. The van der Waals surface area contributed by atoms with Gasteiger partial charge in [0.05, 0.1) is 0 Å². The van der Waals surface area contributed by atoms with Gasteiger partial charge in [-0.05, 0) is 46.0 Å². The van der Waals surface area contributed by atoms with E-state index >= 15 is 0 Å². The molecule has 0 aromatic carbocycles. The number of carboxylic acids is 1. The number of aliphatic carboxylic acids is 1. The maximum absolute atomic E-state index is 12.0. The summed E-state index contributed by atoms with van der Waals surface area (Å²) in [7, 11) is 0. The van der Waals surface area contributed by atoms with Gasteiger partial charge in [0.25, 0.3) is 0 Å². The average molecular weight is 241 g/mol. The third kappa shape index (κ3) is 2.23. The number of hydrogen-bond donors (Lipinski definition) is 1. The average Bonchev–Trinajstić information content (AvgIpc) is 2.35. The van der Waals surface area contributed by atoms with E-state index in [1.165, 1.54) is 4.90 Å². The molecular formula is C12H19NO4. The normalized spacial score (nSPS) is 31.7. The predicted molar refractivity (Wildman–Crippen MR) is 60.6 cm³/mol. The molecule has 3 atom stereocenters. The van der Waals surface area contributed by atoms with E-state index in [9.17, 15) is 9.59 Å². The molecule has 2 aliphatic rings. The number of amides is 1. The van der Waals surface area contributed by atoms with Gasteiger partial charge in [0.1, 0.15) is 11.6 Å². The minimum Gasteiger partial charge on any atom is -0.480 e. The lowest BCUT2D eigenvalue weighted by molar-refractivity contribution is -0.142. The van der Waals surface area contributed by atoms with Gasteiger partial charge < -0.3 is 9.84 Å². The molecule has 1 amide bonds. The van der Waals surface area contributed by atoms with Crippen molar-refractivity contribution in [3.8, 4) is 0 Å². The first-order chi connectivity index (χ1) is 7.79. The first kappa shape index (κ1) is 12.2. The van der Waals surface area contributed by atoms with Gasteiger partial charge in [0.2, 0.25) is 0 Å². The maximum Gasteiger partial charge on any atom is 0.411 e. The zero-order valence-electron chi connectivity index (χ0n) is 10.5. The van der Waals surface area contributed by atoms with Crippen LogP contribution in [0.2, 0.25) is 0 Å². The Kier molecular flexibility index (Phi) is 2.79. The minimum atomic E-state index is -0.926. The van der Waals surface area contributed by atoms with Gasteiger partial charge in [-0.15, -0.1) is 0 Å². The van der Waals surface area contributed by atoms with E-state index < -0.39 is 23.7 Å². The molecule has 0 radical (unpaired) electrons. The number of carboxylic acid groups (broad SMARTS) is 1. The molecule has 0 spiro atoms. The number of ether oxygens (including phenoxy) is 1. The van der Waals surface area contributed by atoms with Gasteiger partial charge in [-0.25, -0.2) is 9.59 Å². The quantitative estimate of drug-likeness (QED) is 0.761. The molecule has 0 bridgehead atoms. The zero-order valence-corrected chi connectivity index (χ0v) is 10.5. The van der Waals surface area contributed by atoms with Crippen molar-refractivity contribution in [2.75, 3.05) is 0 Å². The first-order valence-electron chi connectivity index (χ1n) is 6.04. The summed E-state index contributed by atoms with van der Waals surface area (Å²) in [4.78, 5) is 24.6. The lowest BCUT2D eigenvalue weighted by Gasteiger charge is -2.37. The van der Waals surface area contributed by atoms with Crippen LogP contribution in [0.1, 0.15) is 40.0 Å². The van der Waals surface area contributed by atoms with Crippen LogP contribution in [0.4, 0.5) is 4.79 Å². The predicted octanol–water partition coefficient (Wildman–Crippen LogP) is 1.86. The van der Waals surface area contributed by atoms with Crippen LogP contribution in [0.5, 0.6) is 0 Å². The highest BCUT2D eigenvalue weighted by Gasteiger charge is 2.52. The van der Waals surface area contributed by atoms with Gasteiger partial charge in [-0.1, -0.05) is 0 Å². The van der Waals surface area contributed by atoms with E-state index in [-0.39, 0.29) is 6.04 Å². The number of carbonyl (C=O) groups is 2. The second-order valence-electron chi connectivity index (χ2n) is 5.88. The minimum absolute atomic E-state index is 0.0750. The SMILES string of the molecule is CC(C)(C)OC(=O)N1C(C(=O)O)C[C@H]2CC[C@H]21. The molecule has 1 aliphatic carbocycles. The Balaban J connectivity index is 2.11. The summed E-state index contributed by atoms with van der Waals surface area (Å²) in [5.74, 6) is -0.575. The van der Waals surface area contributed by atoms with Crippen molar-refractivity contribution >= 4 is 12.1 Å². The van der Waals surface area contributed by atoms with Crippen molar-refractivity contribution in [3.63, 3.8) is 0 Å². The van der Waals surface area contributed by atoms with Crippen molar-refractivity contribution in [1.82, 2.24) is 4.90 Å². The molecule has 5 heteroatoms. The van der Waals surface area contributed by atoms with E-state index in [0.717, 1.165) is 12.8 Å². The number of nitrogens with zero attached hydrogens (tertiary/aromatic N) is 1. The van der Waals surface area contributed by atoms with Gasteiger partial charge in [-0.3, -0.25) is 4.90 Å². The highest BCUT2D eigenvalue weighted by Crippen LogP contribution is 2.44. The fraction of sp³-hybridized carbons (Fsp3) is 0.833. The van der Waals surface area contributed by atoms with Gasteiger partial charge in [0, 0.05) is 6.04 Å². The zero-order chi connectivity index (χ0) is 12.8. The Labute approximate surface area is 101 Å². The molecule has 5 nitrogen and oxygen atoms in total. The fourth-order valence-electron chi connectivity index (χ4n) is 2.62. The van der Waals surface area contributed by atoms with E-state index in [4.69, 9.17) is 9.84 Å². The number of likely N-dealkylation sites (tertiary alicyclic amines) is 1. The lowest BCUT2D eigenvalue weighted by Crippen LogP contribution is -2.49. The molecule has 0 aromatic heterocycles. The molecule has 1 unspecified atom stereocenters. The van der Waals surface area contributed by atoms with Crippen molar-refractivity contribution in [1.29, 1.82) is 0 Å². The Morgan fingerprint density at radius 2 is 1.94 bits per heavy atom. The van der Waals surface area contributed by atoms with Crippen LogP contribution in [-0.2, 0) is 9.53 Å². The third-order valence-electron chi connectivity index (χ3n) is 3.49. The number of fused-ring (bicyclic) bond motifs is 1. The van der Waals surface area contributed by atoms with Crippen LogP contribution >= 0.6 is 0 Å². The third-order valence-corrected chi connectivity index (χ3v) is 3.49. The van der Waals surface area contributed by atoms with E-state index in [0.29, 0.717) is 12.3 Å². The molecule has 17 heavy (non-hydrogen) atoms. The van der Waals surface area contributed by atoms with Crippen LogP contribution in [-0.4, -0.2) is 39.8 Å².